The fourth-order valence-corrected chi connectivity index (χ4v) is 2.59. The summed E-state index contributed by atoms with van der Waals surface area (Å²) in [7, 11) is 1.62. The summed E-state index contributed by atoms with van der Waals surface area (Å²) in [6.07, 6.45) is 3.55. The van der Waals surface area contributed by atoms with E-state index in [9.17, 15) is 0 Å². The van der Waals surface area contributed by atoms with Crippen molar-refractivity contribution in [3.05, 3.63) is 23.8 Å². The molecule has 2 atom stereocenters. The van der Waals surface area contributed by atoms with Crippen molar-refractivity contribution < 1.29 is 4.74 Å². The molecular formula is C14H19N3O. The lowest BCUT2D eigenvalue weighted by molar-refractivity contribution is 0.414. The molecule has 1 fully saturated rings. The van der Waals surface area contributed by atoms with E-state index >= 15 is 0 Å². The molecule has 0 spiro atoms. The molecule has 0 aromatic heterocycles. The second-order valence-electron chi connectivity index (χ2n) is 4.70. The highest BCUT2D eigenvalue weighted by molar-refractivity contribution is 5.60. The predicted molar refractivity (Wildman–Crippen MR) is 71.5 cm³/mol. The molecule has 1 saturated carbocycles. The van der Waals surface area contributed by atoms with Gasteiger partial charge in [-0.05, 0) is 37.4 Å². The Balaban J connectivity index is 2.16. The number of ether oxygens (including phenoxy) is 1. The number of nitrogens with zero attached hydrogens (tertiary/aromatic N) is 1. The maximum absolute atomic E-state index is 8.87. The Morgan fingerprint density at radius 3 is 3.00 bits per heavy atom. The van der Waals surface area contributed by atoms with Gasteiger partial charge in [0.05, 0.1) is 24.4 Å². The van der Waals surface area contributed by atoms with Crippen molar-refractivity contribution >= 4 is 5.69 Å². The Kier molecular flexibility index (Phi) is 4.06. The molecule has 4 heteroatoms. The topological polar surface area (TPSA) is 71.1 Å². The zero-order valence-corrected chi connectivity index (χ0v) is 10.6. The number of rotatable bonds is 4. The molecule has 96 valence electrons. The first kappa shape index (κ1) is 12.7. The molecule has 1 aliphatic rings. The number of nitrogens with two attached hydrogens (primary N) is 1. The first-order valence-electron chi connectivity index (χ1n) is 6.33. The molecule has 2 unspecified atom stereocenters. The number of methoxy groups -OCH3 is 1. The van der Waals surface area contributed by atoms with Crippen LogP contribution in [-0.2, 0) is 0 Å². The number of hydrogen-bond acceptors (Lipinski definition) is 4. The van der Waals surface area contributed by atoms with Crippen LogP contribution in [0, 0.1) is 17.2 Å². The van der Waals surface area contributed by atoms with Crippen molar-refractivity contribution in [1.29, 1.82) is 5.26 Å². The van der Waals surface area contributed by atoms with E-state index < -0.39 is 0 Å². The molecule has 0 aliphatic heterocycles. The third-order valence-corrected chi connectivity index (χ3v) is 3.63. The second kappa shape index (κ2) is 5.74. The maximum atomic E-state index is 8.87. The van der Waals surface area contributed by atoms with Crippen molar-refractivity contribution in [3.63, 3.8) is 0 Å². The summed E-state index contributed by atoms with van der Waals surface area (Å²) >= 11 is 0. The van der Waals surface area contributed by atoms with Crippen molar-refractivity contribution in [2.24, 2.45) is 11.7 Å². The molecule has 0 saturated heterocycles. The van der Waals surface area contributed by atoms with Crippen LogP contribution in [0.25, 0.3) is 0 Å². The molecule has 2 rings (SSSR count). The average Bonchev–Trinajstić information content (AvgIpc) is 2.86. The number of anilines is 1. The zero-order chi connectivity index (χ0) is 13.0. The predicted octanol–water partition coefficient (Wildman–Crippen LogP) is 2.11. The van der Waals surface area contributed by atoms with Gasteiger partial charge in [-0.25, -0.2) is 0 Å². The minimum Gasteiger partial charge on any atom is -0.495 e. The van der Waals surface area contributed by atoms with Crippen molar-refractivity contribution in [1.82, 2.24) is 0 Å². The van der Waals surface area contributed by atoms with Crippen LogP contribution in [0.1, 0.15) is 24.8 Å². The van der Waals surface area contributed by atoms with Crippen LogP contribution in [0.15, 0.2) is 18.2 Å². The van der Waals surface area contributed by atoms with Crippen LogP contribution in [0.3, 0.4) is 0 Å². The molecule has 0 radical (unpaired) electrons. The highest BCUT2D eigenvalue weighted by Crippen LogP contribution is 2.32. The average molecular weight is 245 g/mol. The Morgan fingerprint density at radius 1 is 1.50 bits per heavy atom. The van der Waals surface area contributed by atoms with Gasteiger partial charge < -0.3 is 15.8 Å². The van der Waals surface area contributed by atoms with Gasteiger partial charge in [0.25, 0.3) is 0 Å². The molecule has 18 heavy (non-hydrogen) atoms. The number of hydrogen-bond donors (Lipinski definition) is 2. The Morgan fingerprint density at radius 2 is 2.33 bits per heavy atom. The summed E-state index contributed by atoms with van der Waals surface area (Å²) in [4.78, 5) is 0. The normalized spacial score (nSPS) is 22.5. The van der Waals surface area contributed by atoms with Crippen LogP contribution in [-0.4, -0.2) is 19.7 Å². The van der Waals surface area contributed by atoms with E-state index in [1.807, 2.05) is 6.07 Å². The molecule has 4 nitrogen and oxygen atoms in total. The monoisotopic (exact) mass is 245 g/mol. The fraction of sp³-hybridized carbons (Fsp3) is 0.500. The lowest BCUT2D eigenvalue weighted by atomic mass is 10.0. The molecule has 1 aromatic carbocycles. The van der Waals surface area contributed by atoms with Gasteiger partial charge in [0.15, 0.2) is 0 Å². The lowest BCUT2D eigenvalue weighted by Gasteiger charge is -2.22. The molecule has 0 amide bonds. The van der Waals surface area contributed by atoms with Gasteiger partial charge in [-0.15, -0.1) is 0 Å². The number of benzene rings is 1. The largest absolute Gasteiger partial charge is 0.495 e. The van der Waals surface area contributed by atoms with E-state index in [1.54, 1.807) is 19.2 Å². The molecule has 0 heterocycles. The van der Waals surface area contributed by atoms with Gasteiger partial charge in [-0.2, -0.15) is 5.26 Å². The first-order valence-corrected chi connectivity index (χ1v) is 6.33. The summed E-state index contributed by atoms with van der Waals surface area (Å²) in [6, 6.07) is 8.00. The van der Waals surface area contributed by atoms with E-state index in [0.717, 1.165) is 24.4 Å². The van der Waals surface area contributed by atoms with Gasteiger partial charge in [0.1, 0.15) is 5.75 Å². The molecule has 0 bridgehead atoms. The molecule has 1 aliphatic carbocycles. The van der Waals surface area contributed by atoms with E-state index in [1.165, 1.54) is 12.8 Å². The summed E-state index contributed by atoms with van der Waals surface area (Å²) in [6.45, 7) is 0.719. The number of nitriles is 1. The highest BCUT2D eigenvalue weighted by atomic mass is 16.5. The fourth-order valence-electron chi connectivity index (χ4n) is 2.59. The van der Waals surface area contributed by atoms with Crippen molar-refractivity contribution in [2.75, 3.05) is 19.0 Å². The summed E-state index contributed by atoms with van der Waals surface area (Å²) in [5.41, 5.74) is 7.34. The molecular weight excluding hydrogens is 226 g/mol. The van der Waals surface area contributed by atoms with E-state index in [-0.39, 0.29) is 0 Å². The van der Waals surface area contributed by atoms with Crippen molar-refractivity contribution in [3.8, 4) is 11.8 Å². The van der Waals surface area contributed by atoms with Crippen LogP contribution in [0.4, 0.5) is 5.69 Å². The highest BCUT2D eigenvalue weighted by Gasteiger charge is 2.26. The van der Waals surface area contributed by atoms with Crippen LogP contribution in [0.2, 0.25) is 0 Å². The van der Waals surface area contributed by atoms with E-state index in [0.29, 0.717) is 17.5 Å². The smallest absolute Gasteiger partial charge is 0.143 e. The van der Waals surface area contributed by atoms with Crippen LogP contribution < -0.4 is 15.8 Å². The molecule has 1 aromatic rings. The van der Waals surface area contributed by atoms with Gasteiger partial charge in [-0.3, -0.25) is 0 Å². The third-order valence-electron chi connectivity index (χ3n) is 3.63. The summed E-state index contributed by atoms with van der Waals surface area (Å²) in [5.74, 6) is 1.25. The van der Waals surface area contributed by atoms with Gasteiger partial charge in [-0.1, -0.05) is 6.42 Å². The van der Waals surface area contributed by atoms with Crippen LogP contribution >= 0.6 is 0 Å². The zero-order valence-electron chi connectivity index (χ0n) is 10.6. The Hall–Kier alpha value is -1.73. The first-order chi connectivity index (χ1) is 8.78. The van der Waals surface area contributed by atoms with Gasteiger partial charge >= 0.3 is 0 Å². The van der Waals surface area contributed by atoms with Gasteiger partial charge in [0, 0.05) is 12.1 Å². The molecule has 3 N–H and O–H groups in total. The minimum atomic E-state index is 0.414. The summed E-state index contributed by atoms with van der Waals surface area (Å²) < 4.78 is 5.32. The minimum absolute atomic E-state index is 0.414. The Labute approximate surface area is 108 Å². The number of nitrogens with one attached hydrogen (secondary N) is 1. The summed E-state index contributed by atoms with van der Waals surface area (Å²) in [5, 5.41) is 12.4. The van der Waals surface area contributed by atoms with Gasteiger partial charge in [0.2, 0.25) is 0 Å². The van der Waals surface area contributed by atoms with Crippen LogP contribution in [0.5, 0.6) is 5.75 Å². The van der Waals surface area contributed by atoms with E-state index in [2.05, 4.69) is 11.4 Å². The lowest BCUT2D eigenvalue weighted by Crippen LogP contribution is -2.29. The van der Waals surface area contributed by atoms with E-state index in [4.69, 9.17) is 15.7 Å². The van der Waals surface area contributed by atoms with Crippen molar-refractivity contribution in [2.45, 2.75) is 25.3 Å². The maximum Gasteiger partial charge on any atom is 0.143 e. The second-order valence-corrected chi connectivity index (χ2v) is 4.70. The standard InChI is InChI=1S/C14H19N3O/c1-18-14-7-10(8-15)5-6-13(14)17-12-4-2-3-11(12)9-16/h5-7,11-12,17H,2-4,9,16H2,1H3. The Bertz CT molecular complexity index is 453. The quantitative estimate of drug-likeness (QED) is 0.852. The SMILES string of the molecule is COc1cc(C#N)ccc1NC1CCCC1CN. The third kappa shape index (κ3) is 2.57.